The second kappa shape index (κ2) is 7.84. The number of nitrogens with one attached hydrogen (secondary N) is 1. The number of carbonyl (C=O) groups excluding carboxylic acids is 2. The van der Waals surface area contributed by atoms with Crippen LogP contribution in [0.1, 0.15) is 51.0 Å². The number of anilines is 1. The summed E-state index contributed by atoms with van der Waals surface area (Å²) in [5.41, 5.74) is 0.523. The third-order valence-electron chi connectivity index (χ3n) is 5.44. The zero-order valence-corrected chi connectivity index (χ0v) is 16.7. The van der Waals surface area contributed by atoms with Crippen LogP contribution in [0.25, 0.3) is 0 Å². The highest BCUT2D eigenvalue weighted by Gasteiger charge is 2.44. The van der Waals surface area contributed by atoms with Crippen LogP contribution in [0.4, 0.5) is 5.69 Å². The van der Waals surface area contributed by atoms with E-state index >= 15 is 0 Å². The van der Waals surface area contributed by atoms with Crippen molar-refractivity contribution in [1.82, 2.24) is 15.2 Å². The molecular formula is C20H30N4O3. The van der Waals surface area contributed by atoms with Crippen molar-refractivity contribution in [2.45, 2.75) is 58.3 Å². The third kappa shape index (κ3) is 3.93. The average molecular weight is 374 g/mol. The van der Waals surface area contributed by atoms with Crippen LogP contribution < -0.4 is 10.2 Å². The smallest absolute Gasteiger partial charge is 0.273 e. The first-order valence-electron chi connectivity index (χ1n) is 9.82. The maximum Gasteiger partial charge on any atom is 0.273 e. The number of aromatic nitrogens is 1. The molecule has 0 saturated carbocycles. The number of hydrogen-bond acceptors (Lipinski definition) is 5. The van der Waals surface area contributed by atoms with E-state index in [1.165, 1.54) is 0 Å². The molecule has 1 aromatic heterocycles. The fourth-order valence-corrected chi connectivity index (χ4v) is 4.16. The van der Waals surface area contributed by atoms with Gasteiger partial charge in [0.1, 0.15) is 11.2 Å². The molecule has 27 heavy (non-hydrogen) atoms. The molecule has 0 unspecified atom stereocenters. The third-order valence-corrected chi connectivity index (χ3v) is 5.44. The Morgan fingerprint density at radius 1 is 1.37 bits per heavy atom. The Labute approximate surface area is 161 Å². The molecule has 2 saturated heterocycles. The lowest BCUT2D eigenvalue weighted by Crippen LogP contribution is -2.64. The van der Waals surface area contributed by atoms with Crippen LogP contribution in [-0.2, 0) is 9.53 Å². The second-order valence-corrected chi connectivity index (χ2v) is 7.80. The molecule has 0 aliphatic carbocycles. The first-order chi connectivity index (χ1) is 12.8. The summed E-state index contributed by atoms with van der Waals surface area (Å²) < 4.78 is 5.80. The number of nitrogens with zero attached hydrogens (tertiary/aromatic N) is 3. The second-order valence-electron chi connectivity index (χ2n) is 7.80. The van der Waals surface area contributed by atoms with Gasteiger partial charge in [0.05, 0.1) is 12.2 Å². The van der Waals surface area contributed by atoms with Crippen molar-refractivity contribution in [3.63, 3.8) is 0 Å². The van der Waals surface area contributed by atoms with Crippen molar-refractivity contribution >= 4 is 17.5 Å². The molecule has 0 bridgehead atoms. The maximum absolute atomic E-state index is 13.2. The summed E-state index contributed by atoms with van der Waals surface area (Å²) in [7, 11) is 0. The van der Waals surface area contributed by atoms with Gasteiger partial charge in [-0.1, -0.05) is 13.3 Å². The van der Waals surface area contributed by atoms with E-state index in [0.29, 0.717) is 25.2 Å². The molecule has 1 N–H and O–H groups in total. The Balaban J connectivity index is 1.85. The summed E-state index contributed by atoms with van der Waals surface area (Å²) in [6.45, 7) is 10.5. The van der Waals surface area contributed by atoms with Gasteiger partial charge in [-0.05, 0) is 39.3 Å². The lowest BCUT2D eigenvalue weighted by molar-refractivity contribution is -0.134. The topological polar surface area (TPSA) is 74.8 Å². The molecule has 0 radical (unpaired) electrons. The number of hydrogen-bond donors (Lipinski definition) is 1. The van der Waals surface area contributed by atoms with E-state index in [-0.39, 0.29) is 24.0 Å². The molecule has 2 aliphatic heterocycles. The van der Waals surface area contributed by atoms with Crippen molar-refractivity contribution < 1.29 is 14.3 Å². The number of morpholine rings is 1. The lowest BCUT2D eigenvalue weighted by Gasteiger charge is -2.43. The molecule has 0 spiro atoms. The molecule has 148 valence electrons. The van der Waals surface area contributed by atoms with Crippen LogP contribution in [0.3, 0.4) is 0 Å². The fraction of sp³-hybridized carbons (Fsp3) is 0.650. The maximum atomic E-state index is 13.2. The van der Waals surface area contributed by atoms with E-state index in [0.717, 1.165) is 25.2 Å². The predicted octanol–water partition coefficient (Wildman–Crippen LogP) is 1.83. The SMILES string of the molecule is CCC[C@]1(C)C(=O)NCCN1C(=O)c1cc(N2C[C@@H](C)O[C@H](C)C2)ccn1. The van der Waals surface area contributed by atoms with Gasteiger partial charge in [-0.3, -0.25) is 14.6 Å². The van der Waals surface area contributed by atoms with Gasteiger partial charge in [0.25, 0.3) is 5.91 Å². The van der Waals surface area contributed by atoms with Gasteiger partial charge in [0, 0.05) is 38.1 Å². The van der Waals surface area contributed by atoms with Crippen molar-refractivity contribution in [2.75, 3.05) is 31.1 Å². The molecule has 2 aliphatic rings. The Morgan fingerprint density at radius 2 is 2.07 bits per heavy atom. The summed E-state index contributed by atoms with van der Waals surface area (Å²) in [4.78, 5) is 34.0. The summed E-state index contributed by atoms with van der Waals surface area (Å²) in [6, 6.07) is 3.77. The highest BCUT2D eigenvalue weighted by atomic mass is 16.5. The number of carbonyl (C=O) groups is 2. The van der Waals surface area contributed by atoms with Crippen LogP contribution in [-0.4, -0.2) is 65.6 Å². The van der Waals surface area contributed by atoms with Crippen molar-refractivity contribution in [3.05, 3.63) is 24.0 Å². The highest BCUT2D eigenvalue weighted by Crippen LogP contribution is 2.27. The van der Waals surface area contributed by atoms with E-state index in [4.69, 9.17) is 4.74 Å². The Morgan fingerprint density at radius 3 is 2.74 bits per heavy atom. The number of rotatable bonds is 4. The van der Waals surface area contributed by atoms with Crippen LogP contribution in [0, 0.1) is 0 Å². The monoisotopic (exact) mass is 374 g/mol. The van der Waals surface area contributed by atoms with Crippen molar-refractivity contribution in [1.29, 1.82) is 0 Å². The number of piperazine rings is 1. The van der Waals surface area contributed by atoms with Crippen LogP contribution in [0.2, 0.25) is 0 Å². The molecule has 3 atom stereocenters. The largest absolute Gasteiger partial charge is 0.372 e. The van der Waals surface area contributed by atoms with Crippen LogP contribution >= 0.6 is 0 Å². The number of amides is 2. The highest BCUT2D eigenvalue weighted by molar-refractivity contribution is 5.99. The molecular weight excluding hydrogens is 344 g/mol. The number of ether oxygens (including phenoxy) is 1. The minimum Gasteiger partial charge on any atom is -0.372 e. The molecule has 7 nitrogen and oxygen atoms in total. The summed E-state index contributed by atoms with van der Waals surface area (Å²) in [5.74, 6) is -0.270. The predicted molar refractivity (Wildman–Crippen MR) is 104 cm³/mol. The molecule has 2 fully saturated rings. The average Bonchev–Trinajstić information content (AvgIpc) is 2.63. The van der Waals surface area contributed by atoms with Crippen molar-refractivity contribution in [3.8, 4) is 0 Å². The summed E-state index contributed by atoms with van der Waals surface area (Å²) >= 11 is 0. The summed E-state index contributed by atoms with van der Waals surface area (Å²) in [5, 5.41) is 2.89. The van der Waals surface area contributed by atoms with E-state index in [9.17, 15) is 9.59 Å². The standard InChI is InChI=1S/C20H30N4O3/c1-5-7-20(4)19(26)22-9-10-24(20)18(25)17-11-16(6-8-21-17)23-12-14(2)27-15(3)13-23/h6,8,11,14-15H,5,7,9-10,12-13H2,1-4H3,(H,22,26)/t14-,15-,20-/m1/s1. The summed E-state index contributed by atoms with van der Waals surface area (Å²) in [6.07, 6.45) is 3.40. The normalized spacial score (nSPS) is 28.8. The van der Waals surface area contributed by atoms with Gasteiger partial charge >= 0.3 is 0 Å². The van der Waals surface area contributed by atoms with Crippen LogP contribution in [0.15, 0.2) is 18.3 Å². The van der Waals surface area contributed by atoms with Gasteiger partial charge in [0.2, 0.25) is 5.91 Å². The van der Waals surface area contributed by atoms with Gasteiger partial charge in [-0.15, -0.1) is 0 Å². The molecule has 3 heterocycles. The molecule has 1 aromatic rings. The van der Waals surface area contributed by atoms with Gasteiger partial charge in [-0.25, -0.2) is 0 Å². The van der Waals surface area contributed by atoms with E-state index < -0.39 is 5.54 Å². The van der Waals surface area contributed by atoms with Gasteiger partial charge < -0.3 is 19.9 Å². The van der Waals surface area contributed by atoms with Crippen LogP contribution in [0.5, 0.6) is 0 Å². The fourth-order valence-electron chi connectivity index (χ4n) is 4.16. The first-order valence-corrected chi connectivity index (χ1v) is 9.82. The Hall–Kier alpha value is -2.15. The van der Waals surface area contributed by atoms with E-state index in [2.05, 4.69) is 29.0 Å². The van der Waals surface area contributed by atoms with E-state index in [1.807, 2.05) is 26.0 Å². The van der Waals surface area contributed by atoms with E-state index in [1.54, 1.807) is 11.1 Å². The minimum absolute atomic E-state index is 0.0871. The minimum atomic E-state index is -0.830. The zero-order chi connectivity index (χ0) is 19.6. The molecule has 7 heteroatoms. The molecule has 2 amide bonds. The van der Waals surface area contributed by atoms with Gasteiger partial charge in [-0.2, -0.15) is 0 Å². The quantitative estimate of drug-likeness (QED) is 0.870. The molecule has 3 rings (SSSR count). The Bertz CT molecular complexity index is 700. The number of pyridine rings is 1. The van der Waals surface area contributed by atoms with Gasteiger partial charge in [0.15, 0.2) is 0 Å². The van der Waals surface area contributed by atoms with Crippen molar-refractivity contribution in [2.24, 2.45) is 0 Å². The lowest BCUT2D eigenvalue weighted by atomic mass is 9.90. The zero-order valence-electron chi connectivity index (χ0n) is 16.7. The molecule has 0 aromatic carbocycles. The first kappa shape index (κ1) is 19.6. The Kier molecular flexibility index (Phi) is 5.69.